The molecule has 0 aromatic heterocycles. The van der Waals surface area contributed by atoms with Crippen LogP contribution in [0.3, 0.4) is 0 Å². The first-order valence-electron chi connectivity index (χ1n) is 5.60. The van der Waals surface area contributed by atoms with Crippen molar-refractivity contribution in [2.75, 3.05) is 19.0 Å². The lowest BCUT2D eigenvalue weighted by Gasteiger charge is -2.20. The molecule has 2 rings (SSSR count). The summed E-state index contributed by atoms with van der Waals surface area (Å²) in [6.45, 7) is 0. The van der Waals surface area contributed by atoms with Gasteiger partial charge in [0, 0.05) is 31.4 Å². The number of para-hydroxylation sites is 1. The van der Waals surface area contributed by atoms with Crippen LogP contribution in [0.4, 0.5) is 5.69 Å². The lowest BCUT2D eigenvalue weighted by molar-refractivity contribution is 1.13. The second-order valence-corrected chi connectivity index (χ2v) is 4.15. The van der Waals surface area contributed by atoms with Crippen LogP contribution in [0.5, 0.6) is 0 Å². The van der Waals surface area contributed by atoms with E-state index in [9.17, 15) is 0 Å². The number of nitrogens with one attached hydrogen (secondary N) is 1. The Labute approximate surface area is 102 Å². The van der Waals surface area contributed by atoms with Gasteiger partial charge in [0.15, 0.2) is 0 Å². The molecule has 0 fully saturated rings. The molecular weight excluding hydrogens is 208 g/mol. The highest BCUT2D eigenvalue weighted by atomic mass is 15.1. The van der Waals surface area contributed by atoms with Gasteiger partial charge in [0.25, 0.3) is 0 Å². The molecule has 2 aromatic rings. The van der Waals surface area contributed by atoms with Crippen molar-refractivity contribution >= 4 is 11.9 Å². The van der Waals surface area contributed by atoms with Crippen molar-refractivity contribution in [3.8, 4) is 11.1 Å². The van der Waals surface area contributed by atoms with Gasteiger partial charge in [-0.25, -0.2) is 0 Å². The molecule has 0 aliphatic heterocycles. The van der Waals surface area contributed by atoms with E-state index in [0.29, 0.717) is 0 Å². The topological polar surface area (TPSA) is 27.1 Å². The average Bonchev–Trinajstić information content (AvgIpc) is 2.38. The molecule has 0 radical (unpaired) electrons. The Hall–Kier alpha value is -2.09. The standard InChI is InChI=1S/C15H16N2/c1-17(2)15-13(11-16)9-6-10-14(15)12-7-4-3-5-8-12/h3-11,16H,1-2H3. The molecular formula is C15H16N2. The van der Waals surface area contributed by atoms with Crippen LogP contribution in [-0.2, 0) is 0 Å². The molecule has 2 heteroatoms. The van der Waals surface area contributed by atoms with Crippen molar-refractivity contribution in [2.24, 2.45) is 0 Å². The normalized spacial score (nSPS) is 10.0. The second kappa shape index (κ2) is 4.83. The largest absolute Gasteiger partial charge is 0.377 e. The molecule has 2 nitrogen and oxygen atoms in total. The molecule has 2 aromatic carbocycles. The third-order valence-corrected chi connectivity index (χ3v) is 2.75. The average molecular weight is 224 g/mol. The summed E-state index contributed by atoms with van der Waals surface area (Å²) >= 11 is 0. The van der Waals surface area contributed by atoms with Crippen LogP contribution in [0.2, 0.25) is 0 Å². The van der Waals surface area contributed by atoms with E-state index in [0.717, 1.165) is 16.8 Å². The van der Waals surface area contributed by atoms with E-state index < -0.39 is 0 Å². The van der Waals surface area contributed by atoms with Gasteiger partial charge in [0.05, 0.1) is 5.69 Å². The Morgan fingerprint density at radius 2 is 1.65 bits per heavy atom. The lowest BCUT2D eigenvalue weighted by atomic mass is 10.00. The zero-order chi connectivity index (χ0) is 12.3. The van der Waals surface area contributed by atoms with Gasteiger partial charge in [-0.15, -0.1) is 0 Å². The summed E-state index contributed by atoms with van der Waals surface area (Å²) in [6.07, 6.45) is 1.40. The van der Waals surface area contributed by atoms with Gasteiger partial charge >= 0.3 is 0 Å². The molecule has 0 atom stereocenters. The number of anilines is 1. The number of benzene rings is 2. The van der Waals surface area contributed by atoms with Gasteiger partial charge in [-0.05, 0) is 5.56 Å². The monoisotopic (exact) mass is 224 g/mol. The van der Waals surface area contributed by atoms with Crippen molar-refractivity contribution in [2.45, 2.75) is 0 Å². The summed E-state index contributed by atoms with van der Waals surface area (Å²) < 4.78 is 0. The third kappa shape index (κ3) is 2.21. The molecule has 0 heterocycles. The van der Waals surface area contributed by atoms with Gasteiger partial charge in [0.1, 0.15) is 0 Å². The maximum absolute atomic E-state index is 7.49. The van der Waals surface area contributed by atoms with E-state index in [4.69, 9.17) is 5.41 Å². The first-order valence-corrected chi connectivity index (χ1v) is 5.60. The minimum atomic E-state index is 0.941. The number of hydrogen-bond donors (Lipinski definition) is 1. The summed E-state index contributed by atoms with van der Waals surface area (Å²) in [6, 6.07) is 16.3. The fourth-order valence-electron chi connectivity index (χ4n) is 2.03. The Morgan fingerprint density at radius 1 is 0.941 bits per heavy atom. The summed E-state index contributed by atoms with van der Waals surface area (Å²) in [5.41, 5.74) is 4.38. The summed E-state index contributed by atoms with van der Waals surface area (Å²) in [5.74, 6) is 0. The predicted octanol–water partition coefficient (Wildman–Crippen LogP) is 3.42. The van der Waals surface area contributed by atoms with Crippen molar-refractivity contribution < 1.29 is 0 Å². The zero-order valence-electron chi connectivity index (χ0n) is 10.1. The molecule has 0 aliphatic carbocycles. The fraction of sp³-hybridized carbons (Fsp3) is 0.133. The van der Waals surface area contributed by atoms with Crippen LogP contribution in [0.15, 0.2) is 48.5 Å². The van der Waals surface area contributed by atoms with Crippen molar-refractivity contribution in [3.05, 3.63) is 54.1 Å². The first-order chi connectivity index (χ1) is 8.24. The Morgan fingerprint density at radius 3 is 2.24 bits per heavy atom. The Kier molecular flexibility index (Phi) is 3.24. The molecule has 1 N–H and O–H groups in total. The predicted molar refractivity (Wildman–Crippen MR) is 74.1 cm³/mol. The first kappa shape index (κ1) is 11.4. The molecule has 0 spiro atoms. The third-order valence-electron chi connectivity index (χ3n) is 2.75. The molecule has 0 saturated heterocycles. The second-order valence-electron chi connectivity index (χ2n) is 4.15. The van der Waals surface area contributed by atoms with Crippen molar-refractivity contribution in [1.29, 1.82) is 5.41 Å². The van der Waals surface area contributed by atoms with Gasteiger partial charge in [-0.3, -0.25) is 0 Å². The highest BCUT2D eigenvalue weighted by Gasteiger charge is 2.09. The van der Waals surface area contributed by atoms with E-state index in [-0.39, 0.29) is 0 Å². The van der Waals surface area contributed by atoms with Crippen molar-refractivity contribution in [3.63, 3.8) is 0 Å². The van der Waals surface area contributed by atoms with E-state index in [1.54, 1.807) is 0 Å². The van der Waals surface area contributed by atoms with Crippen LogP contribution in [0.1, 0.15) is 5.56 Å². The zero-order valence-corrected chi connectivity index (χ0v) is 10.1. The van der Waals surface area contributed by atoms with E-state index in [1.807, 2.05) is 44.4 Å². The molecule has 0 bridgehead atoms. The number of nitrogens with zero attached hydrogens (tertiary/aromatic N) is 1. The van der Waals surface area contributed by atoms with Gasteiger partial charge in [-0.1, -0.05) is 48.5 Å². The highest BCUT2D eigenvalue weighted by Crippen LogP contribution is 2.31. The van der Waals surface area contributed by atoms with Crippen LogP contribution >= 0.6 is 0 Å². The van der Waals surface area contributed by atoms with Crippen LogP contribution in [0, 0.1) is 5.41 Å². The molecule has 0 unspecified atom stereocenters. The molecule has 86 valence electrons. The molecule has 17 heavy (non-hydrogen) atoms. The van der Waals surface area contributed by atoms with Crippen LogP contribution < -0.4 is 4.90 Å². The Bertz CT molecular complexity index is 516. The van der Waals surface area contributed by atoms with Gasteiger partial charge < -0.3 is 10.3 Å². The highest BCUT2D eigenvalue weighted by molar-refractivity contribution is 5.93. The van der Waals surface area contributed by atoms with Crippen molar-refractivity contribution in [1.82, 2.24) is 0 Å². The summed E-state index contributed by atoms with van der Waals surface area (Å²) in [4.78, 5) is 2.06. The van der Waals surface area contributed by atoms with Crippen LogP contribution in [-0.4, -0.2) is 20.3 Å². The fourth-order valence-corrected chi connectivity index (χ4v) is 2.03. The van der Waals surface area contributed by atoms with E-state index >= 15 is 0 Å². The number of rotatable bonds is 3. The number of hydrogen-bond acceptors (Lipinski definition) is 2. The quantitative estimate of drug-likeness (QED) is 0.795. The maximum Gasteiger partial charge on any atom is 0.0529 e. The minimum absolute atomic E-state index is 0.941. The van der Waals surface area contributed by atoms with E-state index in [1.165, 1.54) is 11.8 Å². The molecule has 0 saturated carbocycles. The lowest BCUT2D eigenvalue weighted by Crippen LogP contribution is -2.12. The summed E-state index contributed by atoms with van der Waals surface area (Å²) in [7, 11) is 4.02. The SMILES string of the molecule is CN(C)c1c(C=N)cccc1-c1ccccc1. The molecule has 0 amide bonds. The molecule has 0 aliphatic rings. The van der Waals surface area contributed by atoms with Gasteiger partial charge in [0.2, 0.25) is 0 Å². The summed E-state index contributed by atoms with van der Waals surface area (Å²) in [5, 5.41) is 7.49. The van der Waals surface area contributed by atoms with E-state index in [2.05, 4.69) is 23.1 Å². The smallest absolute Gasteiger partial charge is 0.0529 e. The minimum Gasteiger partial charge on any atom is -0.377 e. The van der Waals surface area contributed by atoms with Gasteiger partial charge in [-0.2, -0.15) is 0 Å². The van der Waals surface area contributed by atoms with Crippen LogP contribution in [0.25, 0.3) is 11.1 Å². The maximum atomic E-state index is 7.49. The Balaban J connectivity index is 2.66.